The number of ether oxygens (including phenoxy) is 1. The van der Waals surface area contributed by atoms with Gasteiger partial charge >= 0.3 is 0 Å². The number of hydrogen-bond acceptors (Lipinski definition) is 4. The summed E-state index contributed by atoms with van der Waals surface area (Å²) in [5.41, 5.74) is 3.60. The van der Waals surface area contributed by atoms with Gasteiger partial charge in [0.15, 0.2) is 5.78 Å². The molecule has 5 rings (SSSR count). The van der Waals surface area contributed by atoms with E-state index < -0.39 is 5.91 Å². The summed E-state index contributed by atoms with van der Waals surface area (Å²) >= 11 is 0. The maximum absolute atomic E-state index is 13.0. The Morgan fingerprint density at radius 2 is 2.10 bits per heavy atom. The van der Waals surface area contributed by atoms with Crippen molar-refractivity contribution in [2.45, 2.75) is 51.7 Å². The minimum absolute atomic E-state index is 0.0142. The highest BCUT2D eigenvalue weighted by atomic mass is 16.5. The Morgan fingerprint density at radius 3 is 2.90 bits per heavy atom. The lowest BCUT2D eigenvalue weighted by Crippen LogP contribution is -2.32. The van der Waals surface area contributed by atoms with E-state index >= 15 is 0 Å². The van der Waals surface area contributed by atoms with Crippen LogP contribution in [0, 0.1) is 6.92 Å². The Hall–Kier alpha value is -3.19. The predicted octanol–water partition coefficient (Wildman–Crippen LogP) is 3.59. The topological polar surface area (TPSA) is 93.2 Å². The molecule has 2 aliphatic rings. The van der Waals surface area contributed by atoms with E-state index in [1.807, 2.05) is 18.2 Å². The van der Waals surface area contributed by atoms with E-state index in [0.717, 1.165) is 48.8 Å². The normalized spacial score (nSPS) is 18.4. The van der Waals surface area contributed by atoms with Crippen molar-refractivity contribution in [3.8, 4) is 0 Å². The van der Waals surface area contributed by atoms with E-state index in [4.69, 9.17) is 4.74 Å². The molecule has 1 unspecified atom stereocenters. The van der Waals surface area contributed by atoms with Gasteiger partial charge in [0, 0.05) is 35.8 Å². The number of nitrogens with one attached hydrogen (secondary N) is 2. The van der Waals surface area contributed by atoms with Crippen molar-refractivity contribution in [3.63, 3.8) is 0 Å². The molecule has 0 saturated carbocycles. The molecule has 160 valence electrons. The first-order valence-corrected chi connectivity index (χ1v) is 10.8. The third-order valence-electron chi connectivity index (χ3n) is 6.30. The molecule has 7 heteroatoms. The van der Waals surface area contributed by atoms with E-state index in [2.05, 4.69) is 10.3 Å². The zero-order chi connectivity index (χ0) is 21.5. The average Bonchev–Trinajstić information content (AvgIpc) is 3.38. The summed E-state index contributed by atoms with van der Waals surface area (Å²) in [6.07, 6.45) is 5.96. The third kappa shape index (κ3) is 3.59. The first kappa shape index (κ1) is 19.8. The van der Waals surface area contributed by atoms with Crippen molar-refractivity contribution in [2.75, 3.05) is 11.9 Å². The number of rotatable bonds is 4. The molecular weight excluding hydrogens is 394 g/mol. The monoisotopic (exact) mass is 419 g/mol. The second-order valence-corrected chi connectivity index (χ2v) is 8.44. The van der Waals surface area contributed by atoms with E-state index in [1.165, 1.54) is 0 Å². The Morgan fingerprint density at radius 1 is 1.23 bits per heavy atom. The van der Waals surface area contributed by atoms with Gasteiger partial charge in [0.05, 0.1) is 18.3 Å². The third-order valence-corrected chi connectivity index (χ3v) is 6.30. The fraction of sp³-hybridized carbons (Fsp3) is 0.375. The zero-order valence-electron chi connectivity index (χ0n) is 17.5. The second kappa shape index (κ2) is 7.81. The number of ketones is 1. The molecule has 1 aliphatic carbocycles. The molecule has 2 N–H and O–H groups in total. The van der Waals surface area contributed by atoms with E-state index in [0.29, 0.717) is 29.9 Å². The van der Waals surface area contributed by atoms with Crippen LogP contribution in [0.25, 0.3) is 10.9 Å². The van der Waals surface area contributed by atoms with Crippen molar-refractivity contribution in [1.82, 2.24) is 9.55 Å². The van der Waals surface area contributed by atoms with Crippen LogP contribution in [0.4, 0.5) is 5.69 Å². The number of aromatic nitrogens is 2. The summed E-state index contributed by atoms with van der Waals surface area (Å²) in [4.78, 5) is 41.4. The van der Waals surface area contributed by atoms with Crippen LogP contribution >= 0.6 is 0 Å². The summed E-state index contributed by atoms with van der Waals surface area (Å²) < 4.78 is 7.19. The first-order valence-electron chi connectivity index (χ1n) is 10.8. The molecule has 1 fully saturated rings. The average molecular weight is 419 g/mol. The highest BCUT2D eigenvalue weighted by Gasteiger charge is 2.23. The molecule has 7 nitrogen and oxygen atoms in total. The van der Waals surface area contributed by atoms with Gasteiger partial charge in [-0.1, -0.05) is 6.07 Å². The largest absolute Gasteiger partial charge is 0.376 e. The van der Waals surface area contributed by atoms with Gasteiger partial charge in [-0.3, -0.25) is 14.4 Å². The summed E-state index contributed by atoms with van der Waals surface area (Å²) in [5, 5.41) is 3.87. The molecule has 1 saturated heterocycles. The van der Waals surface area contributed by atoms with Gasteiger partial charge in [-0.25, -0.2) is 0 Å². The molecule has 0 bridgehead atoms. The predicted molar refractivity (Wildman–Crippen MR) is 118 cm³/mol. The van der Waals surface area contributed by atoms with Crippen LogP contribution < -0.4 is 10.9 Å². The summed E-state index contributed by atoms with van der Waals surface area (Å²) in [7, 11) is 0. The standard InChI is InChI=1S/C24H25N3O4/c1-14-9-10-27(13-16-4-3-11-31-16)24(30)21(14)23(29)25-15-7-8-17-18-5-2-6-20(28)22(18)26-19(17)12-15/h7-10,12,16,26H,2-6,11,13H2,1H3,(H,25,29). The number of anilines is 1. The Bertz CT molecular complexity index is 1250. The number of Topliss-reactive ketones (excluding diaryl/α,β-unsaturated/α-hetero) is 1. The molecule has 2 aromatic heterocycles. The lowest BCUT2D eigenvalue weighted by Gasteiger charge is -2.14. The number of hydrogen-bond donors (Lipinski definition) is 2. The number of pyridine rings is 1. The van der Waals surface area contributed by atoms with Crippen LogP contribution in [0.15, 0.2) is 35.3 Å². The molecule has 0 radical (unpaired) electrons. The van der Waals surface area contributed by atoms with E-state index in [-0.39, 0.29) is 23.0 Å². The Balaban J connectivity index is 1.42. The van der Waals surface area contributed by atoms with Crippen molar-refractivity contribution < 1.29 is 14.3 Å². The number of H-pyrrole nitrogens is 1. The van der Waals surface area contributed by atoms with Crippen LogP contribution in [0.1, 0.15) is 57.7 Å². The molecule has 3 heterocycles. The summed E-state index contributed by atoms with van der Waals surface area (Å²) in [6.45, 7) is 2.93. The molecule has 1 aliphatic heterocycles. The molecule has 3 aromatic rings. The zero-order valence-corrected chi connectivity index (χ0v) is 17.5. The Kier molecular flexibility index (Phi) is 4.98. The first-order chi connectivity index (χ1) is 15.0. The van der Waals surface area contributed by atoms with Crippen LogP contribution in [-0.2, 0) is 17.7 Å². The number of aromatic amines is 1. The molecule has 0 spiro atoms. The van der Waals surface area contributed by atoms with Crippen LogP contribution in [0.3, 0.4) is 0 Å². The van der Waals surface area contributed by atoms with Crippen LogP contribution in [0.2, 0.25) is 0 Å². The maximum Gasteiger partial charge on any atom is 0.263 e. The fourth-order valence-corrected chi connectivity index (χ4v) is 4.67. The van der Waals surface area contributed by atoms with Gasteiger partial charge in [0.1, 0.15) is 5.56 Å². The second-order valence-electron chi connectivity index (χ2n) is 8.44. The number of carbonyl (C=O) groups excluding carboxylic acids is 2. The number of benzene rings is 1. The van der Waals surface area contributed by atoms with Gasteiger partial charge in [-0.2, -0.15) is 0 Å². The molecule has 1 amide bonds. The van der Waals surface area contributed by atoms with Crippen LogP contribution in [0.5, 0.6) is 0 Å². The highest BCUT2D eigenvalue weighted by Crippen LogP contribution is 2.30. The van der Waals surface area contributed by atoms with Crippen molar-refractivity contribution in [1.29, 1.82) is 0 Å². The number of amides is 1. The minimum atomic E-state index is -0.434. The highest BCUT2D eigenvalue weighted by molar-refractivity contribution is 6.07. The van der Waals surface area contributed by atoms with Gasteiger partial charge in [0.25, 0.3) is 11.5 Å². The van der Waals surface area contributed by atoms with Crippen molar-refractivity contribution in [3.05, 3.63) is 63.2 Å². The number of aryl methyl sites for hydroxylation is 2. The van der Waals surface area contributed by atoms with Gasteiger partial charge in [0.2, 0.25) is 0 Å². The number of carbonyl (C=O) groups is 2. The maximum atomic E-state index is 13.0. The SMILES string of the molecule is Cc1ccn(CC2CCCO2)c(=O)c1C(=O)Nc1ccc2c3c([nH]c2c1)C(=O)CCC3. The fourth-order valence-electron chi connectivity index (χ4n) is 4.67. The number of nitrogens with zero attached hydrogens (tertiary/aromatic N) is 1. The smallest absolute Gasteiger partial charge is 0.263 e. The number of fused-ring (bicyclic) bond motifs is 3. The Labute approximate surface area is 179 Å². The van der Waals surface area contributed by atoms with Gasteiger partial charge in [-0.15, -0.1) is 0 Å². The van der Waals surface area contributed by atoms with E-state index in [1.54, 1.807) is 23.8 Å². The van der Waals surface area contributed by atoms with Gasteiger partial charge < -0.3 is 19.6 Å². The van der Waals surface area contributed by atoms with Crippen molar-refractivity contribution >= 4 is 28.3 Å². The van der Waals surface area contributed by atoms with Crippen LogP contribution in [-0.4, -0.2) is 34.0 Å². The molecule has 1 atom stereocenters. The summed E-state index contributed by atoms with van der Waals surface area (Å²) in [6, 6.07) is 7.35. The van der Waals surface area contributed by atoms with Gasteiger partial charge in [-0.05, 0) is 61.9 Å². The minimum Gasteiger partial charge on any atom is -0.376 e. The lowest BCUT2D eigenvalue weighted by molar-refractivity contribution is 0.0952. The van der Waals surface area contributed by atoms with E-state index in [9.17, 15) is 14.4 Å². The van der Waals surface area contributed by atoms with Crippen molar-refractivity contribution in [2.24, 2.45) is 0 Å². The molecular formula is C24H25N3O4. The molecule has 31 heavy (non-hydrogen) atoms. The quantitative estimate of drug-likeness (QED) is 0.676. The molecule has 1 aromatic carbocycles. The lowest BCUT2D eigenvalue weighted by atomic mass is 9.95. The summed E-state index contributed by atoms with van der Waals surface area (Å²) in [5.74, 6) is -0.300.